The van der Waals surface area contributed by atoms with Gasteiger partial charge >= 0.3 is 11.5 Å². The third kappa shape index (κ3) is 1.55. The highest BCUT2D eigenvalue weighted by Gasteiger charge is 2.07. The Morgan fingerprint density at radius 3 is 2.83 bits per heavy atom. The first kappa shape index (κ1) is 8.58. The van der Waals surface area contributed by atoms with Gasteiger partial charge in [-0.25, -0.2) is 0 Å². The Morgan fingerprint density at radius 1 is 1.75 bits per heavy atom. The Balaban J connectivity index is 2.95. The molecule has 1 heterocycles. The lowest BCUT2D eigenvalue weighted by molar-refractivity contribution is -0.131. The monoisotopic (exact) mass is 170 g/mol. The molecule has 5 nitrogen and oxygen atoms in total. The van der Waals surface area contributed by atoms with Gasteiger partial charge in [-0.1, -0.05) is 0 Å². The van der Waals surface area contributed by atoms with Crippen molar-refractivity contribution in [1.29, 1.82) is 0 Å². The molecule has 66 valence electrons. The number of ether oxygens (including phenoxy) is 1. The molecule has 0 unspecified atom stereocenters. The molecule has 1 aromatic heterocycles. The van der Waals surface area contributed by atoms with E-state index in [4.69, 9.17) is 0 Å². The number of carbonyl (C=O) groups excluding carboxylic acids is 1. The van der Waals surface area contributed by atoms with E-state index in [9.17, 15) is 9.59 Å². The molecular weight excluding hydrogens is 160 g/mol. The highest BCUT2D eigenvalue weighted by molar-refractivity contribution is 5.68. The Bertz CT molecular complexity index is 337. The van der Waals surface area contributed by atoms with Gasteiger partial charge < -0.3 is 4.74 Å². The predicted molar refractivity (Wildman–Crippen MR) is 42.0 cm³/mol. The van der Waals surface area contributed by atoms with Crippen molar-refractivity contribution in [3.8, 4) is 5.75 Å². The van der Waals surface area contributed by atoms with Crippen molar-refractivity contribution in [3.05, 3.63) is 16.6 Å². The van der Waals surface area contributed by atoms with Crippen molar-refractivity contribution in [2.75, 3.05) is 0 Å². The summed E-state index contributed by atoms with van der Waals surface area (Å²) in [6, 6.07) is 0. The Hall–Kier alpha value is -1.52. The lowest BCUT2D eigenvalue weighted by Gasteiger charge is -1.93. The largest absolute Gasteiger partial charge is 0.419 e. The van der Waals surface area contributed by atoms with E-state index in [0.717, 1.165) is 0 Å². The maximum Gasteiger partial charge on any atom is 0.309 e. The Morgan fingerprint density at radius 2 is 2.42 bits per heavy atom. The molecule has 0 bridgehead atoms. The molecule has 5 heteroatoms. The Labute approximate surface area is 68.9 Å². The van der Waals surface area contributed by atoms with Crippen molar-refractivity contribution < 1.29 is 9.53 Å². The van der Waals surface area contributed by atoms with Gasteiger partial charge in [0.1, 0.15) is 0 Å². The molecule has 0 saturated heterocycles. The van der Waals surface area contributed by atoms with Crippen LogP contribution in [0, 0.1) is 0 Å². The standard InChI is InChI=1S/C7H10N2O3/c1-3-9-7(11)6(4-8-9)12-5(2)10/h4,8H,3H2,1-2H3. The van der Waals surface area contributed by atoms with Gasteiger partial charge in [-0.3, -0.25) is 19.4 Å². The summed E-state index contributed by atoms with van der Waals surface area (Å²) in [7, 11) is 0. The predicted octanol–water partition coefficient (Wildman–Crippen LogP) is 0.122. The zero-order valence-electron chi connectivity index (χ0n) is 6.96. The average molecular weight is 170 g/mol. The number of esters is 1. The first-order chi connectivity index (χ1) is 5.65. The summed E-state index contributed by atoms with van der Waals surface area (Å²) in [5, 5.41) is 2.66. The second-order valence-electron chi connectivity index (χ2n) is 2.28. The van der Waals surface area contributed by atoms with Crippen molar-refractivity contribution >= 4 is 5.97 Å². The number of carbonyl (C=O) groups is 1. The number of aromatic amines is 1. The second kappa shape index (κ2) is 3.25. The molecule has 0 aliphatic heterocycles. The SMILES string of the molecule is CCn1[nH]cc(OC(C)=O)c1=O. The fraction of sp³-hybridized carbons (Fsp3) is 0.429. The molecule has 0 radical (unpaired) electrons. The van der Waals surface area contributed by atoms with Crippen molar-refractivity contribution in [1.82, 2.24) is 9.78 Å². The molecule has 0 aliphatic rings. The number of aryl methyl sites for hydroxylation is 1. The van der Waals surface area contributed by atoms with Gasteiger partial charge in [-0.15, -0.1) is 0 Å². The van der Waals surface area contributed by atoms with Crippen molar-refractivity contribution in [3.63, 3.8) is 0 Å². The van der Waals surface area contributed by atoms with Crippen LogP contribution in [-0.4, -0.2) is 15.7 Å². The van der Waals surface area contributed by atoms with Gasteiger partial charge in [-0.2, -0.15) is 0 Å². The van der Waals surface area contributed by atoms with E-state index in [1.807, 2.05) is 6.92 Å². The normalized spacial score (nSPS) is 9.83. The van der Waals surface area contributed by atoms with Gasteiger partial charge in [-0.05, 0) is 6.92 Å². The van der Waals surface area contributed by atoms with Gasteiger partial charge in [0, 0.05) is 13.5 Å². The fourth-order valence-electron chi connectivity index (χ4n) is 0.853. The summed E-state index contributed by atoms with van der Waals surface area (Å²) < 4.78 is 5.97. The van der Waals surface area contributed by atoms with Crippen LogP contribution < -0.4 is 10.3 Å². The Kier molecular flexibility index (Phi) is 2.32. The second-order valence-corrected chi connectivity index (χ2v) is 2.28. The number of nitrogens with zero attached hydrogens (tertiary/aromatic N) is 1. The average Bonchev–Trinajstić information content (AvgIpc) is 2.32. The molecule has 1 aromatic rings. The maximum atomic E-state index is 11.2. The van der Waals surface area contributed by atoms with E-state index in [1.54, 1.807) is 0 Å². The summed E-state index contributed by atoms with van der Waals surface area (Å²) in [6.07, 6.45) is 1.37. The minimum atomic E-state index is -0.491. The van der Waals surface area contributed by atoms with Crippen LogP contribution in [0.25, 0.3) is 0 Å². The highest BCUT2D eigenvalue weighted by atomic mass is 16.5. The van der Waals surface area contributed by atoms with Crippen molar-refractivity contribution in [2.45, 2.75) is 20.4 Å². The van der Waals surface area contributed by atoms with Crippen molar-refractivity contribution in [2.24, 2.45) is 0 Å². The molecule has 1 N–H and O–H groups in total. The van der Waals surface area contributed by atoms with E-state index < -0.39 is 5.97 Å². The van der Waals surface area contributed by atoms with Crippen LogP contribution in [0.5, 0.6) is 5.75 Å². The van der Waals surface area contributed by atoms with Crippen LogP contribution in [0.2, 0.25) is 0 Å². The van der Waals surface area contributed by atoms with E-state index in [1.165, 1.54) is 17.8 Å². The minimum absolute atomic E-state index is 0.0457. The molecule has 0 aromatic carbocycles. The summed E-state index contributed by atoms with van der Waals surface area (Å²) in [5.41, 5.74) is -0.312. The van der Waals surface area contributed by atoms with Crippen LogP contribution in [-0.2, 0) is 11.3 Å². The molecule has 0 saturated carbocycles. The smallest absolute Gasteiger partial charge is 0.309 e. The molecule has 0 aliphatic carbocycles. The number of H-pyrrole nitrogens is 1. The van der Waals surface area contributed by atoms with E-state index in [-0.39, 0.29) is 11.3 Å². The summed E-state index contributed by atoms with van der Waals surface area (Å²) in [4.78, 5) is 21.7. The number of rotatable bonds is 2. The highest BCUT2D eigenvalue weighted by Crippen LogP contribution is 1.99. The molecule has 1 rings (SSSR count). The molecule has 12 heavy (non-hydrogen) atoms. The van der Waals surface area contributed by atoms with E-state index in [2.05, 4.69) is 9.84 Å². The van der Waals surface area contributed by atoms with Crippen LogP contribution in [0.1, 0.15) is 13.8 Å². The lowest BCUT2D eigenvalue weighted by atomic mass is 10.6. The third-order valence-corrected chi connectivity index (χ3v) is 1.38. The van der Waals surface area contributed by atoms with Crippen LogP contribution >= 0.6 is 0 Å². The molecular formula is C7H10N2O3. The summed E-state index contributed by atoms with van der Waals surface area (Å²) in [6.45, 7) is 3.60. The van der Waals surface area contributed by atoms with Gasteiger partial charge in [0.2, 0.25) is 5.75 Å². The third-order valence-electron chi connectivity index (χ3n) is 1.38. The van der Waals surface area contributed by atoms with Gasteiger partial charge in [0.25, 0.3) is 0 Å². The maximum absolute atomic E-state index is 11.2. The zero-order chi connectivity index (χ0) is 9.14. The van der Waals surface area contributed by atoms with Crippen LogP contribution in [0.15, 0.2) is 11.0 Å². The van der Waals surface area contributed by atoms with Gasteiger partial charge in [0.05, 0.1) is 6.20 Å². The quantitative estimate of drug-likeness (QED) is 0.641. The zero-order valence-corrected chi connectivity index (χ0v) is 6.96. The lowest BCUT2D eigenvalue weighted by Crippen LogP contribution is -2.18. The number of hydrogen-bond acceptors (Lipinski definition) is 3. The molecule has 0 spiro atoms. The first-order valence-corrected chi connectivity index (χ1v) is 3.61. The van der Waals surface area contributed by atoms with Gasteiger partial charge in [0.15, 0.2) is 0 Å². The van der Waals surface area contributed by atoms with Crippen LogP contribution in [0.3, 0.4) is 0 Å². The molecule has 0 amide bonds. The summed E-state index contributed by atoms with van der Waals surface area (Å²) in [5.74, 6) is -0.446. The number of nitrogens with one attached hydrogen (secondary N) is 1. The topological polar surface area (TPSA) is 64.1 Å². The first-order valence-electron chi connectivity index (χ1n) is 3.61. The number of aromatic nitrogens is 2. The summed E-state index contributed by atoms with van der Waals surface area (Å²) >= 11 is 0. The number of hydrogen-bond donors (Lipinski definition) is 1. The van der Waals surface area contributed by atoms with E-state index in [0.29, 0.717) is 6.54 Å². The molecule has 0 atom stereocenters. The van der Waals surface area contributed by atoms with Crippen LogP contribution in [0.4, 0.5) is 0 Å². The van der Waals surface area contributed by atoms with E-state index >= 15 is 0 Å². The minimum Gasteiger partial charge on any atom is -0.419 e. The fourth-order valence-corrected chi connectivity index (χ4v) is 0.853. The molecule has 0 fully saturated rings.